The quantitative estimate of drug-likeness (QED) is 0.854. The zero-order valence-electron chi connectivity index (χ0n) is 7.69. The topological polar surface area (TPSA) is 38.1 Å². The highest BCUT2D eigenvalue weighted by atomic mass is 35.5. The second kappa shape index (κ2) is 3.90. The summed E-state index contributed by atoms with van der Waals surface area (Å²) in [5.41, 5.74) is 0.625. The minimum Gasteiger partial charge on any atom is -0.505 e. The molecule has 0 radical (unpaired) electrons. The van der Waals surface area contributed by atoms with Gasteiger partial charge in [0.25, 0.3) is 0 Å². The number of halogens is 2. The molecule has 3 nitrogen and oxygen atoms in total. The Hall–Kier alpha value is -1.55. The maximum absolute atomic E-state index is 12.9. The number of aromatic nitrogens is 2. The third-order valence-corrected chi connectivity index (χ3v) is 2.33. The lowest BCUT2D eigenvalue weighted by Gasteiger charge is -2.04. The molecule has 1 aromatic carbocycles. The van der Waals surface area contributed by atoms with Gasteiger partial charge in [-0.2, -0.15) is 5.10 Å². The third-order valence-electron chi connectivity index (χ3n) is 1.96. The smallest absolute Gasteiger partial charge is 0.153 e. The standard InChI is InChI=1S/C10H8ClFN2O/c11-10-2-1-8(12)3-7(10)5-14-6-9(15)4-13-14/h1-4,6,15H,5H2. The molecule has 0 saturated heterocycles. The highest BCUT2D eigenvalue weighted by molar-refractivity contribution is 6.31. The van der Waals surface area contributed by atoms with Crippen LogP contribution in [0.15, 0.2) is 30.6 Å². The first-order valence-corrected chi connectivity index (χ1v) is 4.68. The van der Waals surface area contributed by atoms with Crippen LogP contribution in [-0.2, 0) is 6.54 Å². The van der Waals surface area contributed by atoms with Gasteiger partial charge >= 0.3 is 0 Å². The molecule has 0 aliphatic rings. The first-order valence-electron chi connectivity index (χ1n) is 4.30. The molecule has 0 saturated carbocycles. The predicted molar refractivity (Wildman–Crippen MR) is 54.4 cm³/mol. The molecular weight excluding hydrogens is 219 g/mol. The van der Waals surface area contributed by atoms with E-state index in [1.807, 2.05) is 0 Å². The monoisotopic (exact) mass is 226 g/mol. The Bertz CT molecular complexity index is 484. The summed E-state index contributed by atoms with van der Waals surface area (Å²) < 4.78 is 14.4. The normalized spacial score (nSPS) is 10.5. The lowest BCUT2D eigenvalue weighted by atomic mass is 10.2. The van der Waals surface area contributed by atoms with Crippen LogP contribution in [-0.4, -0.2) is 14.9 Å². The second-order valence-corrected chi connectivity index (χ2v) is 3.54. The van der Waals surface area contributed by atoms with Gasteiger partial charge in [-0.25, -0.2) is 4.39 Å². The van der Waals surface area contributed by atoms with E-state index in [0.717, 1.165) is 0 Å². The zero-order valence-corrected chi connectivity index (χ0v) is 8.45. The van der Waals surface area contributed by atoms with E-state index in [-0.39, 0.29) is 11.6 Å². The summed E-state index contributed by atoms with van der Waals surface area (Å²) in [6.45, 7) is 0.331. The summed E-state index contributed by atoms with van der Waals surface area (Å²) >= 11 is 5.88. The van der Waals surface area contributed by atoms with Crippen molar-refractivity contribution in [2.24, 2.45) is 0 Å². The first-order chi connectivity index (χ1) is 7.15. The summed E-state index contributed by atoms with van der Waals surface area (Å²) in [7, 11) is 0. The maximum atomic E-state index is 12.9. The number of hydrogen-bond donors (Lipinski definition) is 1. The van der Waals surface area contributed by atoms with Crippen molar-refractivity contribution < 1.29 is 9.50 Å². The minimum absolute atomic E-state index is 0.0718. The van der Waals surface area contributed by atoms with Gasteiger partial charge in [-0.05, 0) is 23.8 Å². The number of hydrogen-bond acceptors (Lipinski definition) is 2. The molecule has 0 amide bonds. The highest BCUT2D eigenvalue weighted by Gasteiger charge is 2.04. The molecule has 0 unspecified atom stereocenters. The fraction of sp³-hybridized carbons (Fsp3) is 0.100. The largest absolute Gasteiger partial charge is 0.505 e. The van der Waals surface area contributed by atoms with Gasteiger partial charge in [-0.15, -0.1) is 0 Å². The van der Waals surface area contributed by atoms with Crippen LogP contribution in [0.3, 0.4) is 0 Å². The fourth-order valence-electron chi connectivity index (χ4n) is 1.28. The predicted octanol–water partition coefficient (Wildman–Crippen LogP) is 2.43. The molecule has 1 aromatic heterocycles. The number of benzene rings is 1. The lowest BCUT2D eigenvalue weighted by molar-refractivity contribution is 0.474. The fourth-order valence-corrected chi connectivity index (χ4v) is 1.46. The molecule has 2 aromatic rings. The Balaban J connectivity index is 2.27. The third kappa shape index (κ3) is 2.27. The molecule has 0 atom stereocenters. The number of aromatic hydroxyl groups is 1. The summed E-state index contributed by atoms with van der Waals surface area (Å²) in [6.07, 6.45) is 2.76. The van der Waals surface area contributed by atoms with Gasteiger partial charge in [0.1, 0.15) is 5.82 Å². The maximum Gasteiger partial charge on any atom is 0.153 e. The summed E-state index contributed by atoms with van der Waals surface area (Å²) in [5, 5.41) is 13.4. The minimum atomic E-state index is -0.342. The van der Waals surface area contributed by atoms with E-state index in [2.05, 4.69) is 5.10 Å². The average Bonchev–Trinajstić information content (AvgIpc) is 2.58. The Morgan fingerprint density at radius 3 is 2.93 bits per heavy atom. The van der Waals surface area contributed by atoms with Gasteiger partial charge in [0.15, 0.2) is 5.75 Å². The van der Waals surface area contributed by atoms with Crippen LogP contribution in [0.2, 0.25) is 5.02 Å². The van der Waals surface area contributed by atoms with Gasteiger partial charge in [-0.1, -0.05) is 11.6 Å². The van der Waals surface area contributed by atoms with E-state index >= 15 is 0 Å². The van der Waals surface area contributed by atoms with Gasteiger partial charge < -0.3 is 5.11 Å². The Morgan fingerprint density at radius 2 is 2.27 bits per heavy atom. The molecule has 1 N–H and O–H groups in total. The van der Waals surface area contributed by atoms with Crippen molar-refractivity contribution in [2.75, 3.05) is 0 Å². The Labute approximate surface area is 90.7 Å². The van der Waals surface area contributed by atoms with Crippen LogP contribution >= 0.6 is 11.6 Å². The van der Waals surface area contributed by atoms with E-state index < -0.39 is 0 Å². The molecule has 0 spiro atoms. The van der Waals surface area contributed by atoms with Crippen LogP contribution in [0, 0.1) is 5.82 Å². The molecule has 78 valence electrons. The molecule has 0 aliphatic carbocycles. The molecule has 2 rings (SSSR count). The highest BCUT2D eigenvalue weighted by Crippen LogP contribution is 2.18. The zero-order chi connectivity index (χ0) is 10.8. The average molecular weight is 227 g/mol. The van der Waals surface area contributed by atoms with Crippen LogP contribution in [0.4, 0.5) is 4.39 Å². The lowest BCUT2D eigenvalue weighted by Crippen LogP contribution is -2.00. The van der Waals surface area contributed by atoms with Crippen molar-refractivity contribution in [3.8, 4) is 5.75 Å². The second-order valence-electron chi connectivity index (χ2n) is 3.13. The van der Waals surface area contributed by atoms with Crippen molar-refractivity contribution in [3.63, 3.8) is 0 Å². The summed E-state index contributed by atoms with van der Waals surface area (Å²) in [4.78, 5) is 0. The first kappa shape index (κ1) is 9.98. The van der Waals surface area contributed by atoms with Crippen molar-refractivity contribution in [3.05, 3.63) is 47.0 Å². The molecular formula is C10H8ClFN2O. The SMILES string of the molecule is Oc1cnn(Cc2cc(F)ccc2Cl)c1. The van der Waals surface area contributed by atoms with Crippen molar-refractivity contribution in [1.29, 1.82) is 0 Å². The van der Waals surface area contributed by atoms with E-state index in [0.29, 0.717) is 17.1 Å². The van der Waals surface area contributed by atoms with Crippen LogP contribution in [0.25, 0.3) is 0 Å². The van der Waals surface area contributed by atoms with Crippen LogP contribution < -0.4 is 0 Å². The van der Waals surface area contributed by atoms with E-state index in [1.54, 1.807) is 0 Å². The van der Waals surface area contributed by atoms with Crippen molar-refractivity contribution in [1.82, 2.24) is 9.78 Å². The number of rotatable bonds is 2. The number of nitrogens with zero attached hydrogens (tertiary/aromatic N) is 2. The molecule has 0 bridgehead atoms. The molecule has 15 heavy (non-hydrogen) atoms. The molecule has 0 fully saturated rings. The van der Waals surface area contributed by atoms with E-state index in [9.17, 15) is 4.39 Å². The summed E-state index contributed by atoms with van der Waals surface area (Å²) in [6, 6.07) is 4.14. The molecule has 5 heteroatoms. The van der Waals surface area contributed by atoms with E-state index in [4.69, 9.17) is 16.7 Å². The summed E-state index contributed by atoms with van der Waals surface area (Å²) in [5.74, 6) is -0.270. The van der Waals surface area contributed by atoms with Crippen molar-refractivity contribution >= 4 is 11.6 Å². The van der Waals surface area contributed by atoms with Crippen LogP contribution in [0.1, 0.15) is 5.56 Å². The Kier molecular flexibility index (Phi) is 2.60. The molecule has 1 heterocycles. The van der Waals surface area contributed by atoms with Gasteiger partial charge in [0, 0.05) is 5.02 Å². The van der Waals surface area contributed by atoms with Gasteiger partial charge in [0.05, 0.1) is 18.9 Å². The van der Waals surface area contributed by atoms with Gasteiger partial charge in [-0.3, -0.25) is 4.68 Å². The van der Waals surface area contributed by atoms with E-state index in [1.165, 1.54) is 35.3 Å². The van der Waals surface area contributed by atoms with Crippen molar-refractivity contribution in [2.45, 2.75) is 6.54 Å². The van der Waals surface area contributed by atoms with Crippen LogP contribution in [0.5, 0.6) is 5.75 Å². The Morgan fingerprint density at radius 1 is 1.47 bits per heavy atom. The molecule has 0 aliphatic heterocycles. The van der Waals surface area contributed by atoms with Gasteiger partial charge in [0.2, 0.25) is 0 Å².